The summed E-state index contributed by atoms with van der Waals surface area (Å²) in [5, 5.41) is -0.637. The fourth-order valence-electron chi connectivity index (χ4n) is 0.896. The van der Waals surface area contributed by atoms with Crippen molar-refractivity contribution in [2.24, 2.45) is 0 Å². The van der Waals surface area contributed by atoms with Gasteiger partial charge in [-0.15, -0.1) is 0 Å². The second-order valence-corrected chi connectivity index (χ2v) is 4.37. The van der Waals surface area contributed by atoms with E-state index < -0.39 is 15.3 Å². The summed E-state index contributed by atoms with van der Waals surface area (Å²) >= 11 is 0. The molecule has 0 fully saturated rings. The van der Waals surface area contributed by atoms with Gasteiger partial charge in [0.05, 0.1) is 0 Å². The van der Waals surface area contributed by atoms with Gasteiger partial charge < -0.3 is 0 Å². The Labute approximate surface area is 99.1 Å². The van der Waals surface area contributed by atoms with E-state index in [-0.39, 0.29) is 0 Å². The van der Waals surface area contributed by atoms with Gasteiger partial charge in [0.2, 0.25) is 0 Å². The smallest absolute Gasteiger partial charge is 0.279 e. The summed E-state index contributed by atoms with van der Waals surface area (Å²) in [7, 11) is -4.27. The Kier molecular flexibility index (Phi) is 4.68. The van der Waals surface area contributed by atoms with E-state index in [1.54, 1.807) is 0 Å². The highest BCUT2D eigenvalue weighted by molar-refractivity contribution is 7.85. The highest BCUT2D eigenvalue weighted by Crippen LogP contribution is 1.94. The molecule has 0 aliphatic heterocycles. The molecule has 1 aromatic heterocycles. The Hall–Kier alpha value is -1.86. The van der Waals surface area contributed by atoms with Crippen LogP contribution in [0.25, 0.3) is 0 Å². The molecule has 90 valence electrons. The summed E-state index contributed by atoms with van der Waals surface area (Å²) < 4.78 is 28.8. The maximum absolute atomic E-state index is 10.2. The van der Waals surface area contributed by atoms with Gasteiger partial charge in [0.15, 0.2) is 0 Å². The van der Waals surface area contributed by atoms with E-state index >= 15 is 0 Å². The molecule has 6 nitrogen and oxygen atoms in total. The number of hydrogen-bond donors (Lipinski definition) is 1. The standard InChI is InChI=1S/C7H8.C3H3N3O3S/c1-7-5-3-2-4-6-7;7-10(8,9)3-5-1-4-2-6-3/h2-6H,1H3;1-2H,(H,7,8,9). The van der Waals surface area contributed by atoms with Crippen molar-refractivity contribution in [3.05, 3.63) is 48.5 Å². The molecule has 1 N–H and O–H groups in total. The van der Waals surface area contributed by atoms with Crippen LogP contribution in [0.15, 0.2) is 48.1 Å². The Bertz CT molecular complexity index is 544. The monoisotopic (exact) mass is 253 g/mol. The molecule has 0 bridgehead atoms. The molecule has 0 saturated carbocycles. The van der Waals surface area contributed by atoms with E-state index in [2.05, 4.69) is 34.0 Å². The summed E-state index contributed by atoms with van der Waals surface area (Å²) in [6.45, 7) is 2.08. The van der Waals surface area contributed by atoms with Gasteiger partial charge in [-0.2, -0.15) is 8.42 Å². The van der Waals surface area contributed by atoms with Crippen molar-refractivity contribution in [1.29, 1.82) is 0 Å². The predicted octanol–water partition coefficient (Wildman–Crippen LogP) is 1.11. The van der Waals surface area contributed by atoms with Gasteiger partial charge >= 0.3 is 10.1 Å². The number of rotatable bonds is 1. The number of hydrogen-bond acceptors (Lipinski definition) is 5. The first-order valence-corrected chi connectivity index (χ1v) is 6.05. The summed E-state index contributed by atoms with van der Waals surface area (Å²) in [4.78, 5) is 9.74. The van der Waals surface area contributed by atoms with E-state index in [0.717, 1.165) is 12.7 Å². The number of nitrogens with zero attached hydrogens (tertiary/aromatic N) is 3. The number of aromatic nitrogens is 3. The van der Waals surface area contributed by atoms with E-state index in [1.165, 1.54) is 5.56 Å². The molecule has 0 atom stereocenters. The lowest BCUT2D eigenvalue weighted by Crippen LogP contribution is -2.03. The van der Waals surface area contributed by atoms with Crippen molar-refractivity contribution in [3.8, 4) is 0 Å². The highest BCUT2D eigenvalue weighted by atomic mass is 32.2. The van der Waals surface area contributed by atoms with Crippen LogP contribution in [0.2, 0.25) is 0 Å². The number of benzene rings is 1. The highest BCUT2D eigenvalue weighted by Gasteiger charge is 2.10. The van der Waals surface area contributed by atoms with Crippen LogP contribution in [0.5, 0.6) is 0 Å². The molecule has 0 saturated heterocycles. The quantitative estimate of drug-likeness (QED) is 0.765. The summed E-state index contributed by atoms with van der Waals surface area (Å²) in [6, 6.07) is 10.3. The van der Waals surface area contributed by atoms with Crippen molar-refractivity contribution < 1.29 is 13.0 Å². The van der Waals surface area contributed by atoms with Crippen molar-refractivity contribution in [1.82, 2.24) is 15.0 Å². The summed E-state index contributed by atoms with van der Waals surface area (Å²) in [5.74, 6) is 0. The molecule has 0 aliphatic rings. The van der Waals surface area contributed by atoms with Gasteiger partial charge in [0.1, 0.15) is 12.7 Å². The Morgan fingerprint density at radius 1 is 1.06 bits per heavy atom. The molecule has 17 heavy (non-hydrogen) atoms. The minimum Gasteiger partial charge on any atom is -0.279 e. The first kappa shape index (κ1) is 13.2. The zero-order chi connectivity index (χ0) is 12.7. The van der Waals surface area contributed by atoms with Crippen LogP contribution in [0.3, 0.4) is 0 Å². The van der Waals surface area contributed by atoms with Gasteiger partial charge in [-0.05, 0) is 6.92 Å². The van der Waals surface area contributed by atoms with Crippen LogP contribution in [-0.2, 0) is 10.1 Å². The van der Waals surface area contributed by atoms with Gasteiger partial charge in [0, 0.05) is 0 Å². The lowest BCUT2D eigenvalue weighted by Gasteiger charge is -1.89. The van der Waals surface area contributed by atoms with Crippen molar-refractivity contribution in [2.75, 3.05) is 0 Å². The maximum atomic E-state index is 10.2. The lowest BCUT2D eigenvalue weighted by molar-refractivity contribution is 0.473. The van der Waals surface area contributed by atoms with Crippen LogP contribution >= 0.6 is 0 Å². The molecular formula is C10H11N3O3S. The number of aryl methyl sites for hydroxylation is 1. The molecule has 1 heterocycles. The largest absolute Gasteiger partial charge is 0.330 e. The van der Waals surface area contributed by atoms with Crippen LogP contribution < -0.4 is 0 Å². The predicted molar refractivity (Wildman–Crippen MR) is 60.8 cm³/mol. The molecule has 2 aromatic rings. The third-order valence-corrected chi connectivity index (χ3v) is 2.31. The van der Waals surface area contributed by atoms with Crippen LogP contribution in [0.4, 0.5) is 0 Å². The summed E-state index contributed by atoms with van der Waals surface area (Å²) in [5.41, 5.74) is 1.32. The average Bonchev–Trinajstić information content (AvgIpc) is 2.31. The topological polar surface area (TPSA) is 93.0 Å². The second kappa shape index (κ2) is 6.02. The zero-order valence-corrected chi connectivity index (χ0v) is 9.87. The second-order valence-electron chi connectivity index (χ2n) is 3.05. The Morgan fingerprint density at radius 2 is 1.59 bits per heavy atom. The first-order chi connectivity index (χ1) is 8.00. The molecule has 0 amide bonds. The fraction of sp³-hybridized carbons (Fsp3) is 0.100. The van der Waals surface area contributed by atoms with E-state index in [9.17, 15) is 8.42 Å². The van der Waals surface area contributed by atoms with E-state index in [0.29, 0.717) is 0 Å². The minimum absolute atomic E-state index is 0.637. The van der Waals surface area contributed by atoms with Crippen LogP contribution in [0.1, 0.15) is 5.56 Å². The molecule has 0 unspecified atom stereocenters. The molecule has 2 rings (SSSR count). The van der Waals surface area contributed by atoms with Gasteiger partial charge in [-0.25, -0.2) is 15.0 Å². The third kappa shape index (κ3) is 5.14. The third-order valence-electron chi connectivity index (χ3n) is 1.64. The Balaban J connectivity index is 0.000000181. The molecule has 0 radical (unpaired) electrons. The average molecular weight is 253 g/mol. The normalized spacial score (nSPS) is 10.2. The fourth-order valence-corrected chi connectivity index (χ4v) is 1.26. The molecular weight excluding hydrogens is 242 g/mol. The summed E-state index contributed by atoms with van der Waals surface area (Å²) in [6.07, 6.45) is 1.96. The van der Waals surface area contributed by atoms with Crippen molar-refractivity contribution >= 4 is 10.1 Å². The van der Waals surface area contributed by atoms with Gasteiger partial charge in [0.25, 0.3) is 5.16 Å². The molecule has 0 aliphatic carbocycles. The zero-order valence-electron chi connectivity index (χ0n) is 9.06. The SMILES string of the molecule is Cc1ccccc1.O=S(=O)(O)c1ncncn1. The van der Waals surface area contributed by atoms with Gasteiger partial charge in [-0.3, -0.25) is 4.55 Å². The van der Waals surface area contributed by atoms with E-state index in [4.69, 9.17) is 4.55 Å². The van der Waals surface area contributed by atoms with Crippen molar-refractivity contribution in [3.63, 3.8) is 0 Å². The molecule has 7 heteroatoms. The minimum atomic E-state index is -4.27. The van der Waals surface area contributed by atoms with Crippen LogP contribution in [0, 0.1) is 6.92 Å². The molecule has 0 spiro atoms. The van der Waals surface area contributed by atoms with Crippen molar-refractivity contribution in [2.45, 2.75) is 12.1 Å². The van der Waals surface area contributed by atoms with E-state index in [1.807, 2.05) is 18.2 Å². The maximum Gasteiger partial charge on any atom is 0.330 e. The lowest BCUT2D eigenvalue weighted by atomic mass is 10.2. The first-order valence-electron chi connectivity index (χ1n) is 4.61. The van der Waals surface area contributed by atoms with Crippen LogP contribution in [-0.4, -0.2) is 27.9 Å². The Morgan fingerprint density at radius 3 is 1.88 bits per heavy atom. The molecule has 1 aromatic carbocycles. The van der Waals surface area contributed by atoms with Gasteiger partial charge in [-0.1, -0.05) is 35.9 Å².